The van der Waals surface area contributed by atoms with Crippen LogP contribution in [0.25, 0.3) is 0 Å². The van der Waals surface area contributed by atoms with Gasteiger partial charge < -0.3 is 0 Å². The van der Waals surface area contributed by atoms with Crippen LogP contribution in [0.1, 0.15) is 17.7 Å². The number of rotatable bonds is 4. The Morgan fingerprint density at radius 2 is 1.91 bits per heavy atom. The van der Waals surface area contributed by atoms with Crippen LogP contribution in [0.2, 0.25) is 0 Å². The Bertz CT molecular complexity index is 723. The van der Waals surface area contributed by atoms with E-state index in [4.69, 9.17) is 0 Å². The van der Waals surface area contributed by atoms with Gasteiger partial charge in [0.1, 0.15) is 0 Å². The summed E-state index contributed by atoms with van der Waals surface area (Å²) in [5, 5.41) is 11.7. The minimum absolute atomic E-state index is 0.202. The number of nitro groups is 1. The number of benzene rings is 1. The van der Waals surface area contributed by atoms with Gasteiger partial charge >= 0.3 is 0 Å². The molecule has 2 aromatic rings. The predicted octanol–water partition coefficient (Wildman–Crippen LogP) is 3.68. The predicted molar refractivity (Wildman–Crippen MR) is 84.9 cm³/mol. The zero-order valence-corrected chi connectivity index (χ0v) is 12.1. The van der Waals surface area contributed by atoms with Crippen LogP contribution in [0.3, 0.4) is 0 Å². The molecule has 1 aliphatic carbocycles. The third-order valence-corrected chi connectivity index (χ3v) is 3.96. The van der Waals surface area contributed by atoms with Crippen molar-refractivity contribution in [3.8, 4) is 0 Å². The Morgan fingerprint density at radius 3 is 2.50 bits per heavy atom. The molecular formula is C18H16N2O2. The molecular weight excluding hydrogens is 276 g/mol. The maximum absolute atomic E-state index is 11.7. The average Bonchev–Trinajstić information content (AvgIpc) is 2.57. The van der Waals surface area contributed by atoms with E-state index in [1.165, 1.54) is 0 Å². The molecule has 1 aliphatic rings. The summed E-state index contributed by atoms with van der Waals surface area (Å²) in [4.78, 5) is 15.7. The van der Waals surface area contributed by atoms with Crippen molar-refractivity contribution in [3.63, 3.8) is 0 Å². The van der Waals surface area contributed by atoms with Crippen molar-refractivity contribution in [2.45, 2.75) is 18.4 Å². The lowest BCUT2D eigenvalue weighted by Crippen LogP contribution is -2.34. The van der Waals surface area contributed by atoms with Gasteiger partial charge in [0.15, 0.2) is 0 Å². The van der Waals surface area contributed by atoms with E-state index in [2.05, 4.69) is 4.98 Å². The van der Waals surface area contributed by atoms with Crippen LogP contribution in [0.5, 0.6) is 0 Å². The van der Waals surface area contributed by atoms with Crippen LogP contribution in [-0.4, -0.2) is 9.91 Å². The van der Waals surface area contributed by atoms with Crippen molar-refractivity contribution in [2.75, 3.05) is 0 Å². The minimum atomic E-state index is -1.16. The lowest BCUT2D eigenvalue weighted by Gasteiger charge is -2.24. The van der Waals surface area contributed by atoms with Gasteiger partial charge in [-0.2, -0.15) is 0 Å². The molecule has 110 valence electrons. The van der Waals surface area contributed by atoms with E-state index >= 15 is 0 Å². The Balaban J connectivity index is 1.84. The summed E-state index contributed by atoms with van der Waals surface area (Å²) in [6.07, 6.45) is 8.33. The highest BCUT2D eigenvalue weighted by molar-refractivity contribution is 5.37. The van der Waals surface area contributed by atoms with Crippen LogP contribution >= 0.6 is 0 Å². The molecule has 1 aromatic heterocycles. The summed E-state index contributed by atoms with van der Waals surface area (Å²) in [6, 6.07) is 14.9. The standard InChI is InChI=1S/C18H16N2O2/c21-20(22)18(16-6-2-1-3-7-16)11-9-15(10-12-18)14-17-8-4-5-13-19-17/h1-11,13H,12,14H2. The molecule has 0 spiro atoms. The lowest BCUT2D eigenvalue weighted by atomic mass is 9.82. The van der Waals surface area contributed by atoms with Crippen molar-refractivity contribution < 1.29 is 4.92 Å². The second kappa shape index (κ2) is 5.93. The molecule has 0 saturated carbocycles. The van der Waals surface area contributed by atoms with Gasteiger partial charge in [0.25, 0.3) is 5.54 Å². The largest absolute Gasteiger partial charge is 0.269 e. The molecule has 0 N–H and O–H groups in total. The monoisotopic (exact) mass is 292 g/mol. The molecule has 0 amide bonds. The normalized spacial score (nSPS) is 20.5. The van der Waals surface area contributed by atoms with Crippen LogP contribution in [0.15, 0.2) is 78.5 Å². The van der Waals surface area contributed by atoms with Gasteiger partial charge in [-0.1, -0.05) is 48.6 Å². The molecule has 4 nitrogen and oxygen atoms in total. The summed E-state index contributed by atoms with van der Waals surface area (Å²) in [5.74, 6) is 0. The van der Waals surface area contributed by atoms with Crippen molar-refractivity contribution in [3.05, 3.63) is 99.9 Å². The second-order valence-electron chi connectivity index (χ2n) is 5.36. The molecule has 0 aliphatic heterocycles. The molecule has 22 heavy (non-hydrogen) atoms. The van der Waals surface area contributed by atoms with Gasteiger partial charge in [-0.3, -0.25) is 15.1 Å². The Morgan fingerprint density at radius 1 is 1.14 bits per heavy atom. The quantitative estimate of drug-likeness (QED) is 0.638. The molecule has 1 heterocycles. The maximum atomic E-state index is 11.7. The van der Waals surface area contributed by atoms with Gasteiger partial charge in [0, 0.05) is 35.2 Å². The maximum Gasteiger partial charge on any atom is 0.269 e. The van der Waals surface area contributed by atoms with Crippen LogP contribution in [-0.2, 0) is 12.0 Å². The van der Waals surface area contributed by atoms with E-state index in [0.717, 1.165) is 11.3 Å². The topological polar surface area (TPSA) is 56.0 Å². The molecule has 4 heteroatoms. The Kier molecular flexibility index (Phi) is 3.83. The van der Waals surface area contributed by atoms with E-state index in [1.54, 1.807) is 12.3 Å². The molecule has 0 radical (unpaired) electrons. The zero-order valence-electron chi connectivity index (χ0n) is 12.1. The highest BCUT2D eigenvalue weighted by atomic mass is 16.6. The first-order valence-electron chi connectivity index (χ1n) is 7.19. The van der Waals surface area contributed by atoms with E-state index in [9.17, 15) is 10.1 Å². The molecule has 0 bridgehead atoms. The summed E-state index contributed by atoms with van der Waals surface area (Å²) < 4.78 is 0. The SMILES string of the molecule is O=[N+]([O-])C1(c2ccccc2)C=CC(Cc2ccccn2)=CC1. The minimum Gasteiger partial charge on any atom is -0.263 e. The average molecular weight is 292 g/mol. The molecule has 1 atom stereocenters. The number of hydrogen-bond donors (Lipinski definition) is 0. The first kappa shape index (κ1) is 14.2. The highest BCUT2D eigenvalue weighted by Gasteiger charge is 2.42. The number of aromatic nitrogens is 1. The van der Waals surface area contributed by atoms with Gasteiger partial charge in [-0.15, -0.1) is 0 Å². The highest BCUT2D eigenvalue weighted by Crippen LogP contribution is 2.35. The van der Waals surface area contributed by atoms with Gasteiger partial charge in [-0.05, 0) is 23.8 Å². The molecule has 0 fully saturated rings. The number of nitrogens with zero attached hydrogens (tertiary/aromatic N) is 2. The molecule has 0 saturated heterocycles. The van der Waals surface area contributed by atoms with E-state index in [1.807, 2.05) is 60.7 Å². The van der Waals surface area contributed by atoms with E-state index in [0.29, 0.717) is 18.4 Å². The fourth-order valence-corrected chi connectivity index (χ4v) is 2.69. The molecule has 1 aromatic carbocycles. The van der Waals surface area contributed by atoms with Crippen molar-refractivity contribution in [1.29, 1.82) is 0 Å². The first-order chi connectivity index (χ1) is 10.7. The van der Waals surface area contributed by atoms with Crippen LogP contribution < -0.4 is 0 Å². The fourth-order valence-electron chi connectivity index (χ4n) is 2.69. The third-order valence-electron chi connectivity index (χ3n) is 3.96. The van der Waals surface area contributed by atoms with Crippen molar-refractivity contribution in [2.24, 2.45) is 0 Å². The number of allylic oxidation sites excluding steroid dienone is 2. The smallest absolute Gasteiger partial charge is 0.263 e. The second-order valence-corrected chi connectivity index (χ2v) is 5.36. The molecule has 3 rings (SSSR count). The Hall–Kier alpha value is -2.75. The summed E-state index contributed by atoms with van der Waals surface area (Å²) in [5.41, 5.74) is 1.58. The van der Waals surface area contributed by atoms with Crippen LogP contribution in [0, 0.1) is 10.1 Å². The lowest BCUT2D eigenvalue weighted by molar-refractivity contribution is -0.563. The summed E-state index contributed by atoms with van der Waals surface area (Å²) in [6.45, 7) is 0. The number of hydrogen-bond acceptors (Lipinski definition) is 3. The van der Waals surface area contributed by atoms with E-state index < -0.39 is 5.54 Å². The summed E-state index contributed by atoms with van der Waals surface area (Å²) in [7, 11) is 0. The fraction of sp³-hybridized carbons (Fsp3) is 0.167. The van der Waals surface area contributed by atoms with Crippen LogP contribution in [0.4, 0.5) is 0 Å². The molecule has 1 unspecified atom stereocenters. The van der Waals surface area contributed by atoms with Crippen molar-refractivity contribution in [1.82, 2.24) is 4.98 Å². The summed E-state index contributed by atoms with van der Waals surface area (Å²) >= 11 is 0. The van der Waals surface area contributed by atoms with Gasteiger partial charge in [0.2, 0.25) is 0 Å². The zero-order chi connectivity index (χ0) is 15.4. The first-order valence-corrected chi connectivity index (χ1v) is 7.19. The van der Waals surface area contributed by atoms with Gasteiger partial charge in [-0.25, -0.2) is 0 Å². The number of pyridine rings is 1. The third kappa shape index (κ3) is 2.68. The van der Waals surface area contributed by atoms with E-state index in [-0.39, 0.29) is 4.92 Å². The Labute approximate surface area is 129 Å². The van der Waals surface area contributed by atoms with Gasteiger partial charge in [0.05, 0.1) is 0 Å². The van der Waals surface area contributed by atoms with Crippen molar-refractivity contribution >= 4 is 0 Å².